The van der Waals surface area contributed by atoms with E-state index in [4.69, 9.17) is 4.74 Å². The average molecular weight is 216 g/mol. The summed E-state index contributed by atoms with van der Waals surface area (Å²) in [6.45, 7) is 0.706. The highest BCUT2D eigenvalue weighted by Gasteiger charge is 2.11. The second-order valence-electron chi connectivity index (χ2n) is 3.01. The molecule has 2 amide bonds. The van der Waals surface area contributed by atoms with Gasteiger partial charge in [0.2, 0.25) is 5.91 Å². The molecule has 0 saturated carbocycles. The summed E-state index contributed by atoms with van der Waals surface area (Å²) in [5.74, 6) is -1.73. The number of hydrogen-bond acceptors (Lipinski definition) is 4. The van der Waals surface area contributed by atoms with Gasteiger partial charge in [-0.1, -0.05) is 0 Å². The van der Waals surface area contributed by atoms with E-state index in [1.54, 1.807) is 0 Å². The molecule has 2 N–H and O–H groups in total. The number of rotatable bonds is 5. The zero-order valence-corrected chi connectivity index (χ0v) is 9.11. The van der Waals surface area contributed by atoms with Crippen molar-refractivity contribution in [3.05, 3.63) is 11.8 Å². The first-order chi connectivity index (χ1) is 6.99. The molecule has 0 aromatic rings. The predicted molar refractivity (Wildman–Crippen MR) is 54.3 cm³/mol. The van der Waals surface area contributed by atoms with E-state index in [9.17, 15) is 14.7 Å². The monoisotopic (exact) mass is 216 g/mol. The van der Waals surface area contributed by atoms with Crippen LogP contribution in [0.15, 0.2) is 11.8 Å². The van der Waals surface area contributed by atoms with E-state index in [-0.39, 0.29) is 0 Å². The number of methoxy groups -OCH3 is 1. The second kappa shape index (κ2) is 6.83. The highest BCUT2D eigenvalue weighted by Crippen LogP contribution is 1.93. The normalized spacial score (nSPS) is 11.0. The quantitative estimate of drug-likeness (QED) is 0.361. The third kappa shape index (κ3) is 5.69. The SMILES string of the molecule is COCCNC(=O)C=C(O)C(=O)N(C)C. The smallest absolute Gasteiger partial charge is 0.288 e. The molecule has 0 bridgehead atoms. The Labute approximate surface area is 88.5 Å². The molecule has 0 rings (SSSR count). The van der Waals surface area contributed by atoms with E-state index in [2.05, 4.69) is 5.32 Å². The summed E-state index contributed by atoms with van der Waals surface area (Å²) in [6.07, 6.45) is 0.845. The number of nitrogens with zero attached hydrogens (tertiary/aromatic N) is 1. The van der Waals surface area contributed by atoms with Gasteiger partial charge in [-0.3, -0.25) is 9.59 Å². The molecule has 0 radical (unpaired) electrons. The number of aliphatic hydroxyl groups is 1. The highest BCUT2D eigenvalue weighted by molar-refractivity contribution is 5.98. The van der Waals surface area contributed by atoms with Crippen LogP contribution in [0.3, 0.4) is 0 Å². The van der Waals surface area contributed by atoms with E-state index in [0.717, 1.165) is 6.08 Å². The van der Waals surface area contributed by atoms with Crippen LogP contribution in [0.25, 0.3) is 0 Å². The molecule has 0 heterocycles. The first kappa shape index (κ1) is 13.4. The zero-order chi connectivity index (χ0) is 11.8. The molecule has 6 nitrogen and oxygen atoms in total. The topological polar surface area (TPSA) is 78.9 Å². The molecule has 0 aliphatic heterocycles. The third-order valence-electron chi connectivity index (χ3n) is 1.50. The Morgan fingerprint density at radius 1 is 1.47 bits per heavy atom. The van der Waals surface area contributed by atoms with Crippen LogP contribution in [0.4, 0.5) is 0 Å². The molecule has 0 aliphatic carbocycles. The number of ether oxygens (including phenoxy) is 1. The Bertz CT molecular complexity index is 261. The van der Waals surface area contributed by atoms with Crippen molar-refractivity contribution in [3.63, 3.8) is 0 Å². The first-order valence-corrected chi connectivity index (χ1v) is 4.38. The number of nitrogens with one attached hydrogen (secondary N) is 1. The van der Waals surface area contributed by atoms with Gasteiger partial charge in [0.25, 0.3) is 5.91 Å². The summed E-state index contributed by atoms with van der Waals surface area (Å²) < 4.78 is 4.71. The van der Waals surface area contributed by atoms with Gasteiger partial charge in [0, 0.05) is 27.7 Å². The minimum Gasteiger partial charge on any atom is -0.503 e. The summed E-state index contributed by atoms with van der Waals surface area (Å²) in [7, 11) is 4.47. The number of hydrogen-bond donors (Lipinski definition) is 2. The van der Waals surface area contributed by atoms with Crippen LogP contribution in [0.1, 0.15) is 0 Å². The lowest BCUT2D eigenvalue weighted by Crippen LogP contribution is -2.28. The number of amides is 2. The van der Waals surface area contributed by atoms with Crippen molar-refractivity contribution in [1.82, 2.24) is 10.2 Å². The molecule has 0 saturated heterocycles. The number of carbonyl (C=O) groups excluding carboxylic acids is 2. The first-order valence-electron chi connectivity index (χ1n) is 4.38. The van der Waals surface area contributed by atoms with Gasteiger partial charge >= 0.3 is 0 Å². The fraction of sp³-hybridized carbons (Fsp3) is 0.556. The maximum absolute atomic E-state index is 11.1. The van der Waals surface area contributed by atoms with Crippen LogP contribution in [0, 0.1) is 0 Å². The zero-order valence-electron chi connectivity index (χ0n) is 9.11. The fourth-order valence-corrected chi connectivity index (χ4v) is 0.742. The van der Waals surface area contributed by atoms with Gasteiger partial charge in [-0.2, -0.15) is 0 Å². The van der Waals surface area contributed by atoms with Crippen molar-refractivity contribution in [2.45, 2.75) is 0 Å². The summed E-state index contributed by atoms with van der Waals surface area (Å²) >= 11 is 0. The molecule has 0 fully saturated rings. The molecule has 0 aromatic carbocycles. The van der Waals surface area contributed by atoms with Crippen LogP contribution in [0.5, 0.6) is 0 Å². The van der Waals surface area contributed by atoms with Crippen molar-refractivity contribution in [3.8, 4) is 0 Å². The Balaban J connectivity index is 4.12. The Kier molecular flexibility index (Phi) is 6.12. The van der Waals surface area contributed by atoms with E-state index in [0.29, 0.717) is 13.2 Å². The van der Waals surface area contributed by atoms with E-state index >= 15 is 0 Å². The minimum atomic E-state index is -0.614. The van der Waals surface area contributed by atoms with Crippen molar-refractivity contribution >= 4 is 11.8 Å². The Morgan fingerprint density at radius 2 is 2.07 bits per heavy atom. The molecule has 0 aliphatic rings. The molecule has 0 atom stereocenters. The van der Waals surface area contributed by atoms with Crippen molar-refractivity contribution in [2.24, 2.45) is 0 Å². The lowest BCUT2D eigenvalue weighted by atomic mass is 10.4. The molecule has 0 aromatic heterocycles. The van der Waals surface area contributed by atoms with Gasteiger partial charge in [0.05, 0.1) is 12.7 Å². The van der Waals surface area contributed by atoms with E-state index in [1.165, 1.54) is 26.1 Å². The van der Waals surface area contributed by atoms with Gasteiger partial charge in [-0.15, -0.1) is 0 Å². The van der Waals surface area contributed by atoms with E-state index < -0.39 is 17.6 Å². The van der Waals surface area contributed by atoms with Crippen LogP contribution in [0.2, 0.25) is 0 Å². The maximum atomic E-state index is 11.1. The fourth-order valence-electron chi connectivity index (χ4n) is 0.742. The summed E-state index contributed by atoms with van der Waals surface area (Å²) in [6, 6.07) is 0. The number of likely N-dealkylation sites (N-methyl/N-ethyl adjacent to an activating group) is 1. The summed E-state index contributed by atoms with van der Waals surface area (Å²) in [4.78, 5) is 23.4. The van der Waals surface area contributed by atoms with Crippen LogP contribution >= 0.6 is 0 Å². The van der Waals surface area contributed by atoms with Gasteiger partial charge in [0.1, 0.15) is 0 Å². The largest absolute Gasteiger partial charge is 0.503 e. The van der Waals surface area contributed by atoms with Gasteiger partial charge < -0.3 is 20.1 Å². The van der Waals surface area contributed by atoms with Gasteiger partial charge in [-0.25, -0.2) is 0 Å². The van der Waals surface area contributed by atoms with E-state index in [1.807, 2.05) is 0 Å². The van der Waals surface area contributed by atoms with Crippen LogP contribution in [-0.4, -0.2) is 56.2 Å². The van der Waals surface area contributed by atoms with Crippen LogP contribution in [-0.2, 0) is 14.3 Å². The Morgan fingerprint density at radius 3 is 2.53 bits per heavy atom. The molecule has 6 heteroatoms. The molecule has 0 unspecified atom stereocenters. The number of carbonyl (C=O) groups is 2. The molecule has 86 valence electrons. The summed E-state index contributed by atoms with van der Waals surface area (Å²) in [5.41, 5.74) is 0. The van der Waals surface area contributed by atoms with Crippen LogP contribution < -0.4 is 5.32 Å². The van der Waals surface area contributed by atoms with Crippen molar-refractivity contribution in [2.75, 3.05) is 34.4 Å². The Hall–Kier alpha value is -1.56. The highest BCUT2D eigenvalue weighted by atomic mass is 16.5. The molecule has 0 spiro atoms. The molecule has 15 heavy (non-hydrogen) atoms. The number of aliphatic hydroxyl groups excluding tert-OH is 1. The minimum absolute atomic E-state index is 0.329. The van der Waals surface area contributed by atoms with Crippen molar-refractivity contribution in [1.29, 1.82) is 0 Å². The van der Waals surface area contributed by atoms with Gasteiger partial charge in [0.15, 0.2) is 5.76 Å². The standard InChI is InChI=1S/C9H16N2O4/c1-11(2)9(14)7(12)6-8(13)10-4-5-15-3/h6,12H,4-5H2,1-3H3,(H,10,13). The van der Waals surface area contributed by atoms with Gasteiger partial charge in [-0.05, 0) is 0 Å². The summed E-state index contributed by atoms with van der Waals surface area (Å²) in [5, 5.41) is 11.6. The average Bonchev–Trinajstić information content (AvgIpc) is 2.16. The lowest BCUT2D eigenvalue weighted by Gasteiger charge is -2.08. The second-order valence-corrected chi connectivity index (χ2v) is 3.01. The predicted octanol–water partition coefficient (Wildman–Crippen LogP) is -0.721. The third-order valence-corrected chi connectivity index (χ3v) is 1.50. The molecular weight excluding hydrogens is 200 g/mol. The molecular formula is C9H16N2O4. The maximum Gasteiger partial charge on any atom is 0.288 e. The van der Waals surface area contributed by atoms with Crippen molar-refractivity contribution < 1.29 is 19.4 Å². The lowest BCUT2D eigenvalue weighted by molar-refractivity contribution is -0.128.